The predicted molar refractivity (Wildman–Crippen MR) is 113 cm³/mol. The summed E-state index contributed by atoms with van der Waals surface area (Å²) >= 11 is 0. The van der Waals surface area contributed by atoms with Crippen LogP contribution in [0.4, 0.5) is 0 Å². The van der Waals surface area contributed by atoms with Crippen molar-refractivity contribution in [1.29, 1.82) is 0 Å². The third kappa shape index (κ3) is 10.3. The molecule has 4 atom stereocenters. The van der Waals surface area contributed by atoms with E-state index in [9.17, 15) is 0 Å². The van der Waals surface area contributed by atoms with Crippen molar-refractivity contribution in [3.63, 3.8) is 0 Å². The van der Waals surface area contributed by atoms with E-state index in [1.54, 1.807) is 0 Å². The third-order valence-corrected chi connectivity index (χ3v) is 6.34. The molecule has 0 radical (unpaired) electrons. The molecule has 0 spiro atoms. The third-order valence-electron chi connectivity index (χ3n) is 6.34. The molecule has 0 N–H and O–H groups in total. The van der Waals surface area contributed by atoms with Crippen molar-refractivity contribution in [2.75, 3.05) is 13.2 Å². The summed E-state index contributed by atoms with van der Waals surface area (Å²) in [5.41, 5.74) is 0. The summed E-state index contributed by atoms with van der Waals surface area (Å²) in [4.78, 5) is 0. The van der Waals surface area contributed by atoms with Crippen molar-refractivity contribution >= 4 is 0 Å². The van der Waals surface area contributed by atoms with Crippen LogP contribution in [-0.4, -0.2) is 37.6 Å². The first-order valence-electron chi connectivity index (χ1n) is 12.2. The van der Waals surface area contributed by atoms with Gasteiger partial charge < -0.3 is 14.2 Å². The Balaban J connectivity index is 1.65. The first kappa shape index (κ1) is 23.2. The van der Waals surface area contributed by atoms with Gasteiger partial charge >= 0.3 is 0 Å². The van der Waals surface area contributed by atoms with Gasteiger partial charge in [0.2, 0.25) is 0 Å². The van der Waals surface area contributed by atoms with Crippen LogP contribution in [0.15, 0.2) is 0 Å². The van der Waals surface area contributed by atoms with E-state index in [-0.39, 0.29) is 0 Å². The van der Waals surface area contributed by atoms with Gasteiger partial charge in [-0.25, -0.2) is 0 Å². The normalized spacial score (nSPS) is 24.2. The summed E-state index contributed by atoms with van der Waals surface area (Å²) < 4.78 is 17.8. The lowest BCUT2D eigenvalue weighted by Crippen LogP contribution is -2.27. The molecule has 2 aliphatic rings. The zero-order valence-electron chi connectivity index (χ0n) is 18.3. The van der Waals surface area contributed by atoms with E-state index in [1.165, 1.54) is 103 Å². The number of ether oxygens (including phenoxy) is 3. The number of rotatable bonds is 18. The van der Waals surface area contributed by atoms with Crippen LogP contribution in [-0.2, 0) is 14.2 Å². The molecular weight excluding hydrogens is 336 g/mol. The van der Waals surface area contributed by atoms with Crippen LogP contribution in [0.2, 0.25) is 0 Å². The van der Waals surface area contributed by atoms with Crippen molar-refractivity contribution in [3.05, 3.63) is 0 Å². The van der Waals surface area contributed by atoms with Crippen LogP contribution < -0.4 is 0 Å². The Hall–Kier alpha value is -0.120. The topological polar surface area (TPSA) is 27.7 Å². The second-order valence-electron chi connectivity index (χ2n) is 8.80. The van der Waals surface area contributed by atoms with Crippen molar-refractivity contribution in [1.82, 2.24) is 0 Å². The molecule has 2 rings (SSSR count). The molecule has 0 aromatic rings. The summed E-state index contributed by atoms with van der Waals surface area (Å²) in [5.74, 6) is 0. The fraction of sp³-hybridized carbons (Fsp3) is 1.00. The van der Waals surface area contributed by atoms with Gasteiger partial charge in [-0.3, -0.25) is 0 Å². The van der Waals surface area contributed by atoms with Crippen molar-refractivity contribution in [2.24, 2.45) is 0 Å². The van der Waals surface area contributed by atoms with Gasteiger partial charge in [-0.15, -0.1) is 0 Å². The average molecular weight is 383 g/mol. The van der Waals surface area contributed by atoms with Crippen LogP contribution in [0, 0.1) is 0 Å². The smallest absolute Gasteiger partial charge is 0.0597 e. The van der Waals surface area contributed by atoms with Crippen LogP contribution in [0.25, 0.3) is 0 Å². The van der Waals surface area contributed by atoms with Crippen LogP contribution in [0.1, 0.15) is 117 Å². The molecule has 27 heavy (non-hydrogen) atoms. The molecule has 2 heterocycles. The highest BCUT2D eigenvalue weighted by atomic mass is 16.5. The number of hydrogen-bond acceptors (Lipinski definition) is 3. The van der Waals surface area contributed by atoms with Gasteiger partial charge in [-0.2, -0.15) is 0 Å². The van der Waals surface area contributed by atoms with Crippen molar-refractivity contribution < 1.29 is 14.2 Å². The molecule has 0 bridgehead atoms. The van der Waals surface area contributed by atoms with Gasteiger partial charge in [0.1, 0.15) is 0 Å². The Labute approximate surface area is 168 Å². The summed E-state index contributed by atoms with van der Waals surface area (Å²) in [5, 5.41) is 0. The Morgan fingerprint density at radius 2 is 1.07 bits per heavy atom. The summed E-state index contributed by atoms with van der Waals surface area (Å²) in [6, 6.07) is 0. The molecular formula is C24H46O3. The first-order chi connectivity index (χ1) is 13.3. The second-order valence-corrected chi connectivity index (χ2v) is 8.80. The van der Waals surface area contributed by atoms with E-state index in [4.69, 9.17) is 14.2 Å². The molecule has 3 heteroatoms. The monoisotopic (exact) mass is 382 g/mol. The zero-order chi connectivity index (χ0) is 19.2. The molecule has 0 saturated carbocycles. The molecule has 2 aliphatic heterocycles. The fourth-order valence-corrected chi connectivity index (χ4v) is 4.21. The number of unbranched alkanes of at least 4 members (excludes halogenated alkanes) is 4. The van der Waals surface area contributed by atoms with Crippen LogP contribution >= 0.6 is 0 Å². The lowest BCUT2D eigenvalue weighted by Gasteiger charge is -2.28. The molecule has 0 aliphatic carbocycles. The van der Waals surface area contributed by atoms with E-state index < -0.39 is 0 Å². The maximum absolute atomic E-state index is 6.69. The minimum absolute atomic E-state index is 0.476. The molecule has 3 nitrogen and oxygen atoms in total. The summed E-state index contributed by atoms with van der Waals surface area (Å²) in [6.07, 6.45) is 22.5. The average Bonchev–Trinajstić information content (AvgIpc) is 2.59. The maximum atomic E-state index is 6.69. The summed E-state index contributed by atoms with van der Waals surface area (Å²) in [7, 11) is 0. The van der Waals surface area contributed by atoms with Crippen molar-refractivity contribution in [2.45, 2.75) is 141 Å². The number of hydrogen-bond donors (Lipinski definition) is 0. The molecule has 0 aromatic carbocycles. The fourth-order valence-electron chi connectivity index (χ4n) is 4.21. The predicted octanol–water partition coefficient (Wildman–Crippen LogP) is 6.82. The molecule has 4 unspecified atom stereocenters. The van der Waals surface area contributed by atoms with Crippen molar-refractivity contribution in [3.8, 4) is 0 Å². The lowest BCUT2D eigenvalue weighted by atomic mass is 9.99. The van der Waals surface area contributed by atoms with E-state index in [2.05, 4.69) is 13.8 Å². The minimum atomic E-state index is 0.476. The van der Waals surface area contributed by atoms with Gasteiger partial charge in [-0.1, -0.05) is 65.2 Å². The molecule has 2 fully saturated rings. The van der Waals surface area contributed by atoms with Gasteiger partial charge in [0.05, 0.1) is 24.4 Å². The van der Waals surface area contributed by atoms with Gasteiger partial charge in [0.15, 0.2) is 0 Å². The maximum Gasteiger partial charge on any atom is 0.0597 e. The molecule has 160 valence electrons. The Kier molecular flexibility index (Phi) is 12.7. The van der Waals surface area contributed by atoms with Gasteiger partial charge in [0.25, 0.3) is 0 Å². The minimum Gasteiger partial charge on any atom is -0.378 e. The standard InChI is InChI=1S/C24H46O3/c1-3-5-11-23(15-9-7-13-21-17-19-25-21)27-24(12-6-4-2)16-10-8-14-22-18-20-26-22/h21-24H,3-20H2,1-2H3. The lowest BCUT2D eigenvalue weighted by molar-refractivity contribution is -0.0592. The highest BCUT2D eigenvalue weighted by molar-refractivity contribution is 4.70. The molecule has 0 aromatic heterocycles. The van der Waals surface area contributed by atoms with E-state index in [1.807, 2.05) is 0 Å². The Morgan fingerprint density at radius 3 is 1.41 bits per heavy atom. The highest BCUT2D eigenvalue weighted by Crippen LogP contribution is 2.24. The van der Waals surface area contributed by atoms with Crippen LogP contribution in [0.5, 0.6) is 0 Å². The van der Waals surface area contributed by atoms with E-state index in [0.29, 0.717) is 24.4 Å². The zero-order valence-corrected chi connectivity index (χ0v) is 18.3. The Bertz CT molecular complexity index is 307. The first-order valence-corrected chi connectivity index (χ1v) is 12.2. The highest BCUT2D eigenvalue weighted by Gasteiger charge is 2.20. The van der Waals surface area contributed by atoms with Gasteiger partial charge in [-0.05, 0) is 51.4 Å². The molecule has 2 saturated heterocycles. The van der Waals surface area contributed by atoms with Gasteiger partial charge in [0, 0.05) is 13.2 Å². The molecule has 0 amide bonds. The van der Waals surface area contributed by atoms with Crippen LogP contribution in [0.3, 0.4) is 0 Å². The second kappa shape index (κ2) is 14.8. The van der Waals surface area contributed by atoms with E-state index >= 15 is 0 Å². The van der Waals surface area contributed by atoms with E-state index in [0.717, 1.165) is 13.2 Å². The summed E-state index contributed by atoms with van der Waals surface area (Å²) in [6.45, 7) is 6.56. The largest absolute Gasteiger partial charge is 0.378 e. The quantitative estimate of drug-likeness (QED) is 0.243. The SMILES string of the molecule is CCCCC(CCCCC1CCO1)OC(CCCC)CCCCC1CCO1. The Morgan fingerprint density at radius 1 is 0.667 bits per heavy atom.